The number of nitriles is 1. The van der Waals surface area contributed by atoms with Gasteiger partial charge in [0.2, 0.25) is 5.91 Å². The fourth-order valence-electron chi connectivity index (χ4n) is 2.41. The first kappa shape index (κ1) is 18.1. The summed E-state index contributed by atoms with van der Waals surface area (Å²) in [5.74, 6) is 0.490. The molecule has 2 rings (SSSR count). The summed E-state index contributed by atoms with van der Waals surface area (Å²) < 4.78 is 15.7. The second kappa shape index (κ2) is 8.60. The molecule has 1 amide bonds. The summed E-state index contributed by atoms with van der Waals surface area (Å²) in [7, 11) is 4.62. The molecule has 2 aromatic carbocycles. The van der Waals surface area contributed by atoms with Crippen LogP contribution in [0.15, 0.2) is 42.5 Å². The highest BCUT2D eigenvalue weighted by Crippen LogP contribution is 2.28. The number of carbonyl (C=O) groups excluding carboxylic acids is 1. The van der Waals surface area contributed by atoms with Crippen LogP contribution in [0.5, 0.6) is 17.2 Å². The average Bonchev–Trinajstić information content (AvgIpc) is 2.66. The Kier molecular flexibility index (Phi) is 6.24. The molecule has 6 heteroatoms. The lowest BCUT2D eigenvalue weighted by molar-refractivity contribution is -0.118. The maximum absolute atomic E-state index is 12.5. The van der Waals surface area contributed by atoms with E-state index in [1.807, 2.05) is 6.07 Å². The van der Waals surface area contributed by atoms with Crippen LogP contribution in [-0.4, -0.2) is 27.2 Å². The second-order valence-electron chi connectivity index (χ2n) is 5.25. The van der Waals surface area contributed by atoms with Crippen molar-refractivity contribution in [2.24, 2.45) is 5.92 Å². The number of amides is 1. The predicted molar refractivity (Wildman–Crippen MR) is 94.0 cm³/mol. The van der Waals surface area contributed by atoms with Crippen LogP contribution in [0.4, 0.5) is 5.69 Å². The number of anilines is 1. The van der Waals surface area contributed by atoms with Gasteiger partial charge in [-0.05, 0) is 23.8 Å². The number of methoxy groups -OCH3 is 3. The quantitative estimate of drug-likeness (QED) is 0.838. The van der Waals surface area contributed by atoms with E-state index in [0.717, 1.165) is 5.56 Å². The Morgan fingerprint density at radius 2 is 1.80 bits per heavy atom. The molecule has 0 aliphatic heterocycles. The van der Waals surface area contributed by atoms with Gasteiger partial charge in [-0.15, -0.1) is 0 Å². The van der Waals surface area contributed by atoms with Crippen LogP contribution >= 0.6 is 0 Å². The predicted octanol–water partition coefficient (Wildman–Crippen LogP) is 3.03. The van der Waals surface area contributed by atoms with E-state index in [4.69, 9.17) is 14.2 Å². The summed E-state index contributed by atoms with van der Waals surface area (Å²) in [4.78, 5) is 12.5. The van der Waals surface area contributed by atoms with Crippen molar-refractivity contribution >= 4 is 11.6 Å². The molecule has 0 saturated heterocycles. The molecule has 0 spiro atoms. The number of rotatable bonds is 7. The van der Waals surface area contributed by atoms with Gasteiger partial charge >= 0.3 is 0 Å². The minimum Gasteiger partial charge on any atom is -0.497 e. The Labute approximate surface area is 146 Å². The van der Waals surface area contributed by atoms with Crippen molar-refractivity contribution in [3.8, 4) is 23.3 Å². The highest BCUT2D eigenvalue weighted by atomic mass is 16.5. The molecule has 0 radical (unpaired) electrons. The van der Waals surface area contributed by atoms with Crippen molar-refractivity contribution in [3.63, 3.8) is 0 Å². The van der Waals surface area contributed by atoms with Gasteiger partial charge in [0, 0.05) is 12.5 Å². The first-order chi connectivity index (χ1) is 12.1. The van der Waals surface area contributed by atoms with Crippen molar-refractivity contribution in [3.05, 3.63) is 48.0 Å². The van der Waals surface area contributed by atoms with Crippen LogP contribution in [-0.2, 0) is 11.2 Å². The molecule has 0 fully saturated rings. The van der Waals surface area contributed by atoms with Crippen LogP contribution in [0.2, 0.25) is 0 Å². The molecular formula is C19H20N2O4. The molecule has 130 valence electrons. The zero-order valence-electron chi connectivity index (χ0n) is 14.4. The minimum atomic E-state index is -0.868. The minimum absolute atomic E-state index is 0.227. The molecule has 0 unspecified atom stereocenters. The molecule has 0 saturated carbocycles. The third-order valence-electron chi connectivity index (χ3n) is 3.76. The van der Waals surface area contributed by atoms with E-state index in [-0.39, 0.29) is 6.42 Å². The number of hydrogen-bond donors (Lipinski definition) is 1. The van der Waals surface area contributed by atoms with Crippen molar-refractivity contribution in [1.82, 2.24) is 0 Å². The third kappa shape index (κ3) is 4.42. The Balaban J connectivity index is 2.17. The number of ether oxygens (including phenoxy) is 3. The van der Waals surface area contributed by atoms with Crippen LogP contribution in [0, 0.1) is 17.2 Å². The molecular weight excluding hydrogens is 320 g/mol. The maximum atomic E-state index is 12.5. The molecule has 0 aromatic heterocycles. The summed E-state index contributed by atoms with van der Waals surface area (Å²) in [5.41, 5.74) is 1.28. The van der Waals surface area contributed by atoms with E-state index < -0.39 is 11.8 Å². The van der Waals surface area contributed by atoms with Crippen molar-refractivity contribution < 1.29 is 19.0 Å². The van der Waals surface area contributed by atoms with Gasteiger partial charge in [-0.2, -0.15) is 5.26 Å². The lowest BCUT2D eigenvalue weighted by Gasteiger charge is -2.15. The zero-order chi connectivity index (χ0) is 18.2. The smallest absolute Gasteiger partial charge is 0.242 e. The zero-order valence-corrected chi connectivity index (χ0v) is 14.4. The van der Waals surface area contributed by atoms with Crippen LogP contribution < -0.4 is 19.5 Å². The molecule has 0 bridgehead atoms. The van der Waals surface area contributed by atoms with E-state index in [0.29, 0.717) is 22.9 Å². The largest absolute Gasteiger partial charge is 0.497 e. The first-order valence-corrected chi connectivity index (χ1v) is 7.67. The Morgan fingerprint density at radius 3 is 2.44 bits per heavy atom. The van der Waals surface area contributed by atoms with Crippen molar-refractivity contribution in [2.45, 2.75) is 6.42 Å². The number of carbonyl (C=O) groups is 1. The van der Waals surface area contributed by atoms with Gasteiger partial charge in [0.1, 0.15) is 23.2 Å². The van der Waals surface area contributed by atoms with Gasteiger partial charge in [0.25, 0.3) is 0 Å². The van der Waals surface area contributed by atoms with Crippen LogP contribution in [0.25, 0.3) is 0 Å². The summed E-state index contributed by atoms with van der Waals surface area (Å²) in [5, 5.41) is 12.2. The van der Waals surface area contributed by atoms with E-state index in [2.05, 4.69) is 5.32 Å². The van der Waals surface area contributed by atoms with Gasteiger partial charge in [-0.3, -0.25) is 4.79 Å². The number of benzene rings is 2. The van der Waals surface area contributed by atoms with Gasteiger partial charge < -0.3 is 19.5 Å². The first-order valence-electron chi connectivity index (χ1n) is 7.67. The van der Waals surface area contributed by atoms with Crippen LogP contribution in [0.3, 0.4) is 0 Å². The molecule has 0 aliphatic carbocycles. The van der Waals surface area contributed by atoms with E-state index in [1.54, 1.807) is 49.6 Å². The van der Waals surface area contributed by atoms with Crippen molar-refractivity contribution in [2.75, 3.05) is 26.6 Å². The number of hydrogen-bond acceptors (Lipinski definition) is 5. The molecule has 6 nitrogen and oxygen atoms in total. The molecule has 0 aliphatic rings. The number of para-hydroxylation sites is 2. The summed E-state index contributed by atoms with van der Waals surface area (Å²) in [6.07, 6.45) is 0.227. The van der Waals surface area contributed by atoms with Crippen molar-refractivity contribution in [1.29, 1.82) is 5.26 Å². The number of nitrogens with one attached hydrogen (secondary N) is 1. The average molecular weight is 340 g/mol. The number of nitrogens with zero attached hydrogens (tertiary/aromatic N) is 1. The second-order valence-corrected chi connectivity index (χ2v) is 5.25. The van der Waals surface area contributed by atoms with Gasteiger partial charge in [0.15, 0.2) is 0 Å². The Bertz CT molecular complexity index is 783. The van der Waals surface area contributed by atoms with Gasteiger partial charge in [-0.1, -0.05) is 18.2 Å². The SMILES string of the molecule is COc1ccc(C[C@H](C#N)C(=O)Nc2ccccc2OC)c(OC)c1. The molecule has 2 aromatic rings. The fraction of sp³-hybridized carbons (Fsp3) is 0.263. The van der Waals surface area contributed by atoms with E-state index in [1.165, 1.54) is 14.2 Å². The standard InChI is InChI=1S/C19H20N2O4/c1-23-15-9-8-13(18(11-15)25-3)10-14(12-20)19(22)21-16-6-4-5-7-17(16)24-2/h4-9,11,14H,10H2,1-3H3,(H,21,22)/t14-/m1/s1. The normalized spacial score (nSPS) is 11.1. The molecule has 0 heterocycles. The topological polar surface area (TPSA) is 80.6 Å². The Morgan fingerprint density at radius 1 is 1.08 bits per heavy atom. The molecule has 1 N–H and O–H groups in total. The van der Waals surface area contributed by atoms with E-state index in [9.17, 15) is 10.1 Å². The van der Waals surface area contributed by atoms with Crippen LogP contribution in [0.1, 0.15) is 5.56 Å². The Hall–Kier alpha value is -3.20. The third-order valence-corrected chi connectivity index (χ3v) is 3.76. The monoisotopic (exact) mass is 340 g/mol. The molecule has 1 atom stereocenters. The molecule has 25 heavy (non-hydrogen) atoms. The summed E-state index contributed by atoms with van der Waals surface area (Å²) in [6, 6.07) is 14.4. The van der Waals surface area contributed by atoms with E-state index >= 15 is 0 Å². The lowest BCUT2D eigenvalue weighted by Crippen LogP contribution is -2.24. The highest BCUT2D eigenvalue weighted by Gasteiger charge is 2.21. The highest BCUT2D eigenvalue weighted by molar-refractivity contribution is 5.95. The summed E-state index contributed by atoms with van der Waals surface area (Å²) >= 11 is 0. The van der Waals surface area contributed by atoms with Gasteiger partial charge in [0.05, 0.1) is 33.1 Å². The summed E-state index contributed by atoms with van der Waals surface area (Å²) in [6.45, 7) is 0. The lowest BCUT2D eigenvalue weighted by atomic mass is 9.98. The maximum Gasteiger partial charge on any atom is 0.242 e. The fourth-order valence-corrected chi connectivity index (χ4v) is 2.41. The van der Waals surface area contributed by atoms with Gasteiger partial charge in [-0.25, -0.2) is 0 Å².